The standard InChI is InChI=1S/C28H25FN8/c1-37(2)11-10-30-19-13-17(12-18(29)14-19)20-6-5-8-23-26(20)34-28(33-23)27-21-15-24(22-7-3-4-9-31-22)32-16-25(21)35-36-27/h3-9,12-16,30H,10-11H2,1-2H3,(H,33,34)(H,35,36). The van der Waals surface area contributed by atoms with Crippen LogP contribution in [0, 0.1) is 5.82 Å². The first-order valence-electron chi connectivity index (χ1n) is 12.0. The molecule has 0 amide bonds. The van der Waals surface area contributed by atoms with Crippen molar-refractivity contribution in [2.45, 2.75) is 0 Å². The number of aromatic amines is 2. The number of rotatable bonds is 7. The van der Waals surface area contributed by atoms with E-state index >= 15 is 0 Å². The van der Waals surface area contributed by atoms with E-state index < -0.39 is 0 Å². The molecule has 0 aliphatic heterocycles. The lowest BCUT2D eigenvalue weighted by molar-refractivity contribution is 0.425. The lowest BCUT2D eigenvalue weighted by atomic mass is 10.0. The molecule has 3 N–H and O–H groups in total. The first kappa shape index (κ1) is 22.8. The molecule has 8 nitrogen and oxygen atoms in total. The molecule has 4 aromatic heterocycles. The number of nitrogens with one attached hydrogen (secondary N) is 3. The second-order valence-corrected chi connectivity index (χ2v) is 9.15. The maximum absolute atomic E-state index is 14.6. The summed E-state index contributed by atoms with van der Waals surface area (Å²) in [4.78, 5) is 19.3. The van der Waals surface area contributed by atoms with Gasteiger partial charge in [0.05, 0.1) is 34.1 Å². The van der Waals surface area contributed by atoms with E-state index in [1.807, 2.05) is 62.6 Å². The number of fused-ring (bicyclic) bond motifs is 2. The van der Waals surface area contributed by atoms with Gasteiger partial charge in [-0.25, -0.2) is 9.37 Å². The van der Waals surface area contributed by atoms with Gasteiger partial charge in [0.1, 0.15) is 11.5 Å². The predicted octanol–water partition coefficient (Wildman–Crippen LogP) is 5.34. The monoisotopic (exact) mass is 492 g/mol. The molecule has 0 aliphatic carbocycles. The van der Waals surface area contributed by atoms with Crippen LogP contribution in [0.3, 0.4) is 0 Å². The number of pyridine rings is 2. The van der Waals surface area contributed by atoms with Crippen molar-refractivity contribution in [3.63, 3.8) is 0 Å². The summed E-state index contributed by atoms with van der Waals surface area (Å²) in [7, 11) is 4.01. The van der Waals surface area contributed by atoms with E-state index in [0.29, 0.717) is 18.1 Å². The van der Waals surface area contributed by atoms with Crippen molar-refractivity contribution in [2.24, 2.45) is 0 Å². The normalized spacial score (nSPS) is 11.6. The van der Waals surface area contributed by atoms with E-state index in [9.17, 15) is 4.39 Å². The van der Waals surface area contributed by atoms with Crippen LogP contribution in [-0.4, -0.2) is 62.2 Å². The molecule has 0 bridgehead atoms. The number of nitrogens with zero attached hydrogens (tertiary/aromatic N) is 5. The molecule has 6 rings (SSSR count). The van der Waals surface area contributed by atoms with Crippen LogP contribution in [0.2, 0.25) is 0 Å². The molecule has 0 aliphatic rings. The quantitative estimate of drug-likeness (QED) is 0.278. The van der Waals surface area contributed by atoms with Crippen LogP contribution in [0.1, 0.15) is 0 Å². The van der Waals surface area contributed by atoms with E-state index in [2.05, 4.69) is 35.4 Å². The number of hydrogen-bond acceptors (Lipinski definition) is 6. The first-order valence-corrected chi connectivity index (χ1v) is 12.0. The molecule has 0 radical (unpaired) electrons. The first-order chi connectivity index (χ1) is 18.0. The number of benzene rings is 2. The van der Waals surface area contributed by atoms with E-state index in [-0.39, 0.29) is 5.82 Å². The molecule has 0 atom stereocenters. The minimum Gasteiger partial charge on any atom is -0.384 e. The number of para-hydroxylation sites is 1. The van der Waals surface area contributed by atoms with Crippen molar-refractivity contribution in [3.8, 4) is 34.0 Å². The van der Waals surface area contributed by atoms with E-state index in [0.717, 1.165) is 56.7 Å². The fraction of sp³-hybridized carbons (Fsp3) is 0.143. The Morgan fingerprint density at radius 3 is 2.70 bits per heavy atom. The van der Waals surface area contributed by atoms with Gasteiger partial charge in [-0.05, 0) is 62.1 Å². The van der Waals surface area contributed by atoms with Crippen molar-refractivity contribution >= 4 is 27.6 Å². The average molecular weight is 493 g/mol. The number of likely N-dealkylation sites (N-methyl/N-ethyl adjacent to an activating group) is 1. The van der Waals surface area contributed by atoms with Crippen LogP contribution in [0.4, 0.5) is 10.1 Å². The number of hydrogen-bond donors (Lipinski definition) is 3. The number of halogens is 1. The molecular formula is C28H25FN8. The smallest absolute Gasteiger partial charge is 0.159 e. The van der Waals surface area contributed by atoms with Gasteiger partial charge in [-0.1, -0.05) is 18.2 Å². The van der Waals surface area contributed by atoms with Crippen molar-refractivity contribution in [2.75, 3.05) is 32.5 Å². The Morgan fingerprint density at radius 1 is 0.946 bits per heavy atom. The van der Waals surface area contributed by atoms with E-state index in [4.69, 9.17) is 4.98 Å². The Hall–Kier alpha value is -4.63. The van der Waals surface area contributed by atoms with Crippen LogP contribution in [0.25, 0.3) is 56.0 Å². The molecule has 2 aromatic carbocycles. The minimum absolute atomic E-state index is 0.300. The Labute approximate surface area is 212 Å². The summed E-state index contributed by atoms with van der Waals surface area (Å²) in [6.45, 7) is 1.56. The number of imidazole rings is 1. The lowest BCUT2D eigenvalue weighted by Gasteiger charge is -2.13. The highest BCUT2D eigenvalue weighted by Gasteiger charge is 2.17. The fourth-order valence-electron chi connectivity index (χ4n) is 4.40. The SMILES string of the molecule is CN(C)CCNc1cc(F)cc(-c2cccc3[nH]c(-c4n[nH]c5cnc(-c6ccccn6)cc45)nc23)c1. The average Bonchev–Trinajstić information content (AvgIpc) is 3.52. The summed E-state index contributed by atoms with van der Waals surface area (Å²) >= 11 is 0. The molecule has 0 fully saturated rings. The van der Waals surface area contributed by atoms with Crippen LogP contribution in [-0.2, 0) is 0 Å². The highest BCUT2D eigenvalue weighted by atomic mass is 19.1. The molecule has 4 heterocycles. The van der Waals surface area contributed by atoms with Crippen molar-refractivity contribution < 1.29 is 4.39 Å². The maximum atomic E-state index is 14.6. The van der Waals surface area contributed by atoms with Gasteiger partial charge in [0, 0.05) is 35.9 Å². The highest BCUT2D eigenvalue weighted by Crippen LogP contribution is 2.33. The van der Waals surface area contributed by atoms with Crippen LogP contribution >= 0.6 is 0 Å². The fourth-order valence-corrected chi connectivity index (χ4v) is 4.40. The molecule has 184 valence electrons. The predicted molar refractivity (Wildman–Crippen MR) is 145 cm³/mol. The summed E-state index contributed by atoms with van der Waals surface area (Å²) in [6.07, 6.45) is 3.50. The lowest BCUT2D eigenvalue weighted by Crippen LogP contribution is -2.20. The van der Waals surface area contributed by atoms with Gasteiger partial charge >= 0.3 is 0 Å². The van der Waals surface area contributed by atoms with Crippen LogP contribution in [0.15, 0.2) is 73.1 Å². The Balaban J connectivity index is 1.41. The van der Waals surface area contributed by atoms with Gasteiger partial charge in [0.2, 0.25) is 0 Å². The molecular weight excluding hydrogens is 467 g/mol. The van der Waals surface area contributed by atoms with Crippen molar-refractivity contribution in [3.05, 3.63) is 78.9 Å². The summed E-state index contributed by atoms with van der Waals surface area (Å²) in [6, 6.07) is 18.5. The summed E-state index contributed by atoms with van der Waals surface area (Å²) in [5.41, 5.74) is 6.93. The van der Waals surface area contributed by atoms with Gasteiger partial charge in [-0.2, -0.15) is 5.10 Å². The molecule has 0 saturated carbocycles. The third-order valence-electron chi connectivity index (χ3n) is 6.21. The molecule has 0 unspecified atom stereocenters. The highest BCUT2D eigenvalue weighted by molar-refractivity contribution is 5.98. The number of H-pyrrole nitrogens is 2. The largest absolute Gasteiger partial charge is 0.384 e. The second kappa shape index (κ2) is 9.44. The summed E-state index contributed by atoms with van der Waals surface area (Å²) in [5, 5.41) is 11.8. The zero-order chi connectivity index (χ0) is 25.4. The third-order valence-corrected chi connectivity index (χ3v) is 6.21. The topological polar surface area (TPSA) is 98.4 Å². The van der Waals surface area contributed by atoms with Gasteiger partial charge in [0.15, 0.2) is 5.82 Å². The van der Waals surface area contributed by atoms with Crippen molar-refractivity contribution in [1.29, 1.82) is 0 Å². The molecule has 0 saturated heterocycles. The molecule has 6 aromatic rings. The Kier molecular flexibility index (Phi) is 5.82. The zero-order valence-electron chi connectivity index (χ0n) is 20.5. The summed E-state index contributed by atoms with van der Waals surface area (Å²) in [5.74, 6) is 0.318. The Bertz CT molecular complexity index is 1700. The summed E-state index contributed by atoms with van der Waals surface area (Å²) < 4.78 is 14.6. The molecule has 37 heavy (non-hydrogen) atoms. The van der Waals surface area contributed by atoms with Gasteiger partial charge < -0.3 is 15.2 Å². The van der Waals surface area contributed by atoms with Crippen LogP contribution in [0.5, 0.6) is 0 Å². The third kappa shape index (κ3) is 4.52. The molecule has 9 heteroatoms. The van der Waals surface area contributed by atoms with Gasteiger partial charge in [-0.3, -0.25) is 15.1 Å². The zero-order valence-corrected chi connectivity index (χ0v) is 20.5. The minimum atomic E-state index is -0.300. The maximum Gasteiger partial charge on any atom is 0.159 e. The number of aromatic nitrogens is 6. The second-order valence-electron chi connectivity index (χ2n) is 9.15. The Morgan fingerprint density at radius 2 is 1.86 bits per heavy atom. The van der Waals surface area contributed by atoms with Gasteiger partial charge in [-0.15, -0.1) is 0 Å². The van der Waals surface area contributed by atoms with Gasteiger partial charge in [0.25, 0.3) is 0 Å². The van der Waals surface area contributed by atoms with Crippen LogP contribution < -0.4 is 5.32 Å². The number of anilines is 1. The van der Waals surface area contributed by atoms with E-state index in [1.54, 1.807) is 12.4 Å². The van der Waals surface area contributed by atoms with E-state index in [1.165, 1.54) is 12.1 Å². The van der Waals surface area contributed by atoms with Crippen molar-refractivity contribution in [1.82, 2.24) is 35.0 Å². The molecule has 0 spiro atoms.